The molecule has 2 heterocycles. The van der Waals surface area contributed by atoms with Gasteiger partial charge in [-0.05, 0) is 68.1 Å². The summed E-state index contributed by atoms with van der Waals surface area (Å²) in [4.78, 5) is 28.8. The van der Waals surface area contributed by atoms with E-state index in [1.54, 1.807) is 18.2 Å². The van der Waals surface area contributed by atoms with Gasteiger partial charge in [0.2, 0.25) is 0 Å². The molecule has 0 radical (unpaired) electrons. The van der Waals surface area contributed by atoms with E-state index in [-0.39, 0.29) is 11.6 Å². The molecular weight excluding hydrogens is 428 g/mol. The lowest BCUT2D eigenvalue weighted by molar-refractivity contribution is -0.120. The lowest BCUT2D eigenvalue weighted by Crippen LogP contribution is -2.32. The number of anilines is 2. The van der Waals surface area contributed by atoms with Crippen molar-refractivity contribution < 1.29 is 19.1 Å². The lowest BCUT2D eigenvalue weighted by Gasteiger charge is -2.21. The fourth-order valence-corrected chi connectivity index (χ4v) is 4.42. The van der Waals surface area contributed by atoms with Crippen LogP contribution in [0.2, 0.25) is 0 Å². The normalized spacial score (nSPS) is 15.2. The molecule has 34 heavy (non-hydrogen) atoms. The van der Waals surface area contributed by atoms with E-state index in [1.165, 1.54) is 4.90 Å². The van der Waals surface area contributed by atoms with Crippen molar-refractivity contribution in [2.75, 3.05) is 23.4 Å². The molecule has 5 rings (SSSR count). The van der Waals surface area contributed by atoms with Crippen molar-refractivity contribution in [1.29, 1.82) is 0 Å². The number of aryl methyl sites for hydroxylation is 3. The number of ether oxygens (including phenoxy) is 2. The highest BCUT2D eigenvalue weighted by molar-refractivity contribution is 6.46. The van der Waals surface area contributed by atoms with Crippen LogP contribution in [0.3, 0.4) is 0 Å². The molecule has 0 saturated carbocycles. The molecule has 0 fully saturated rings. The van der Waals surface area contributed by atoms with Crippen LogP contribution in [0, 0.1) is 27.7 Å². The summed E-state index contributed by atoms with van der Waals surface area (Å²) in [7, 11) is 0. The first-order chi connectivity index (χ1) is 16.3. The molecule has 3 aromatic carbocycles. The predicted octanol–water partition coefficient (Wildman–Crippen LogP) is 5.09. The predicted molar refractivity (Wildman–Crippen MR) is 132 cm³/mol. The number of rotatable bonds is 4. The van der Waals surface area contributed by atoms with Crippen LogP contribution in [0.5, 0.6) is 11.5 Å². The standard InChI is InChI=1S/C28H26N2O4/c1-16-8-10-21(18(3)14-16)25-26(29-22-7-5-6-17(2)19(22)4)28(32)30(27(25)31)20-9-11-23-24(15-20)34-13-12-33-23/h5-11,14-15,29H,12-13H2,1-4H3. The highest BCUT2D eigenvalue weighted by Crippen LogP contribution is 2.39. The zero-order valence-electron chi connectivity index (χ0n) is 19.7. The van der Waals surface area contributed by atoms with Gasteiger partial charge < -0.3 is 14.8 Å². The molecule has 0 spiro atoms. The van der Waals surface area contributed by atoms with Gasteiger partial charge in [0.1, 0.15) is 18.9 Å². The molecule has 2 aliphatic heterocycles. The van der Waals surface area contributed by atoms with Crippen LogP contribution >= 0.6 is 0 Å². The SMILES string of the molecule is Cc1ccc(C2=C(Nc3cccc(C)c3C)C(=O)N(c3ccc4c(c3)OCCO4)C2=O)c(C)c1. The Morgan fingerprint density at radius 1 is 0.794 bits per heavy atom. The van der Waals surface area contributed by atoms with Crippen LogP contribution in [0.4, 0.5) is 11.4 Å². The van der Waals surface area contributed by atoms with E-state index in [0.29, 0.717) is 36.0 Å². The molecule has 0 bridgehead atoms. The largest absolute Gasteiger partial charge is 0.486 e. The summed E-state index contributed by atoms with van der Waals surface area (Å²) in [6, 6.07) is 16.9. The molecule has 2 amide bonds. The molecule has 3 aromatic rings. The second-order valence-electron chi connectivity index (χ2n) is 8.71. The first-order valence-electron chi connectivity index (χ1n) is 11.3. The number of carbonyl (C=O) groups is 2. The fourth-order valence-electron chi connectivity index (χ4n) is 4.42. The van der Waals surface area contributed by atoms with Gasteiger partial charge in [0, 0.05) is 11.8 Å². The number of hydrogen-bond acceptors (Lipinski definition) is 5. The Hall–Kier alpha value is -4.06. The highest BCUT2D eigenvalue weighted by Gasteiger charge is 2.41. The quantitative estimate of drug-likeness (QED) is 0.557. The van der Waals surface area contributed by atoms with Crippen LogP contribution in [0.1, 0.15) is 27.8 Å². The minimum absolute atomic E-state index is 0.264. The number of nitrogens with one attached hydrogen (secondary N) is 1. The van der Waals surface area contributed by atoms with Gasteiger partial charge in [-0.15, -0.1) is 0 Å². The maximum Gasteiger partial charge on any atom is 0.282 e. The van der Waals surface area contributed by atoms with Crippen LogP contribution in [0.15, 0.2) is 60.3 Å². The van der Waals surface area contributed by atoms with E-state index in [9.17, 15) is 9.59 Å². The first kappa shape index (κ1) is 21.8. The van der Waals surface area contributed by atoms with Gasteiger partial charge in [-0.25, -0.2) is 4.90 Å². The Bertz CT molecular complexity index is 1370. The number of nitrogens with zero attached hydrogens (tertiary/aromatic N) is 1. The second-order valence-corrected chi connectivity index (χ2v) is 8.71. The fraction of sp³-hybridized carbons (Fsp3) is 0.214. The van der Waals surface area contributed by atoms with Gasteiger partial charge in [0.15, 0.2) is 11.5 Å². The monoisotopic (exact) mass is 454 g/mol. The minimum Gasteiger partial charge on any atom is -0.486 e. The molecular formula is C28H26N2O4. The van der Waals surface area contributed by atoms with Crippen LogP contribution in [-0.2, 0) is 9.59 Å². The molecule has 0 unspecified atom stereocenters. The van der Waals surface area contributed by atoms with E-state index in [4.69, 9.17) is 9.47 Å². The highest BCUT2D eigenvalue weighted by atomic mass is 16.6. The Morgan fingerprint density at radius 2 is 1.56 bits per heavy atom. The van der Waals surface area contributed by atoms with Crippen LogP contribution in [0.25, 0.3) is 5.57 Å². The lowest BCUT2D eigenvalue weighted by atomic mass is 9.97. The number of fused-ring (bicyclic) bond motifs is 1. The van der Waals surface area contributed by atoms with Gasteiger partial charge in [-0.2, -0.15) is 0 Å². The molecule has 0 aromatic heterocycles. The number of benzene rings is 3. The maximum atomic E-state index is 13.8. The third kappa shape index (κ3) is 3.61. The summed E-state index contributed by atoms with van der Waals surface area (Å²) in [5, 5.41) is 3.29. The van der Waals surface area contributed by atoms with E-state index in [2.05, 4.69) is 5.32 Å². The zero-order chi connectivity index (χ0) is 24.0. The molecule has 172 valence electrons. The summed E-state index contributed by atoms with van der Waals surface area (Å²) >= 11 is 0. The van der Waals surface area contributed by atoms with E-state index in [0.717, 1.165) is 33.5 Å². The Morgan fingerprint density at radius 3 is 2.32 bits per heavy atom. The third-order valence-electron chi connectivity index (χ3n) is 6.38. The van der Waals surface area contributed by atoms with Gasteiger partial charge in [-0.3, -0.25) is 9.59 Å². The molecule has 2 aliphatic rings. The number of imide groups is 1. The van der Waals surface area contributed by atoms with Crippen molar-refractivity contribution in [2.24, 2.45) is 0 Å². The molecule has 0 aliphatic carbocycles. The second kappa shape index (κ2) is 8.37. The van der Waals surface area contributed by atoms with Gasteiger partial charge in [0.05, 0.1) is 11.3 Å². The summed E-state index contributed by atoms with van der Waals surface area (Å²) in [5.74, 6) is 0.345. The van der Waals surface area contributed by atoms with Crippen LogP contribution in [-0.4, -0.2) is 25.0 Å². The topological polar surface area (TPSA) is 67.9 Å². The summed E-state index contributed by atoms with van der Waals surface area (Å²) in [6.07, 6.45) is 0. The molecule has 0 atom stereocenters. The molecule has 0 saturated heterocycles. The maximum absolute atomic E-state index is 13.8. The number of hydrogen-bond donors (Lipinski definition) is 1. The van der Waals surface area contributed by atoms with Gasteiger partial charge in [-0.1, -0.05) is 35.9 Å². The smallest absolute Gasteiger partial charge is 0.282 e. The van der Waals surface area contributed by atoms with Crippen molar-refractivity contribution >= 4 is 28.8 Å². The molecule has 6 heteroatoms. The number of amides is 2. The number of carbonyl (C=O) groups excluding carboxylic acids is 2. The van der Waals surface area contributed by atoms with Crippen molar-refractivity contribution in [3.05, 3.63) is 88.1 Å². The van der Waals surface area contributed by atoms with Crippen molar-refractivity contribution in [3.8, 4) is 11.5 Å². The van der Waals surface area contributed by atoms with E-state index < -0.39 is 5.91 Å². The van der Waals surface area contributed by atoms with E-state index in [1.807, 2.05) is 64.1 Å². The Balaban J connectivity index is 1.64. The van der Waals surface area contributed by atoms with Crippen molar-refractivity contribution in [2.45, 2.75) is 27.7 Å². The Labute approximate surface area is 198 Å². The Kier molecular flexibility index (Phi) is 5.36. The van der Waals surface area contributed by atoms with E-state index >= 15 is 0 Å². The van der Waals surface area contributed by atoms with Gasteiger partial charge >= 0.3 is 0 Å². The van der Waals surface area contributed by atoms with Crippen LogP contribution < -0.4 is 19.7 Å². The summed E-state index contributed by atoms with van der Waals surface area (Å²) < 4.78 is 11.3. The molecule has 1 N–H and O–H groups in total. The molecule has 6 nitrogen and oxygen atoms in total. The van der Waals surface area contributed by atoms with Gasteiger partial charge in [0.25, 0.3) is 11.8 Å². The third-order valence-corrected chi connectivity index (χ3v) is 6.38. The average molecular weight is 455 g/mol. The first-order valence-corrected chi connectivity index (χ1v) is 11.3. The average Bonchev–Trinajstić information content (AvgIpc) is 3.06. The zero-order valence-corrected chi connectivity index (χ0v) is 19.7. The van der Waals surface area contributed by atoms with Crippen molar-refractivity contribution in [1.82, 2.24) is 0 Å². The minimum atomic E-state index is -0.405. The summed E-state index contributed by atoms with van der Waals surface area (Å²) in [5.41, 5.74) is 6.73. The summed E-state index contributed by atoms with van der Waals surface area (Å²) in [6.45, 7) is 8.86. The van der Waals surface area contributed by atoms with Crippen molar-refractivity contribution in [3.63, 3.8) is 0 Å².